The van der Waals surface area contributed by atoms with Crippen molar-refractivity contribution in [2.45, 2.75) is 26.4 Å². The molecular weight excluding hydrogens is 260 g/mol. The summed E-state index contributed by atoms with van der Waals surface area (Å²) in [5.41, 5.74) is 2.26. The van der Waals surface area contributed by atoms with Crippen LogP contribution in [0.15, 0.2) is 17.5 Å². The topological polar surface area (TPSA) is 20.2 Å². The molecule has 0 spiro atoms. The number of rotatable bonds is 3. The van der Waals surface area contributed by atoms with E-state index in [2.05, 4.69) is 13.0 Å². The van der Waals surface area contributed by atoms with Crippen molar-refractivity contribution < 1.29 is 5.11 Å². The van der Waals surface area contributed by atoms with E-state index in [1.54, 1.807) is 11.3 Å². The fourth-order valence-electron chi connectivity index (χ4n) is 1.63. The Morgan fingerprint density at radius 2 is 2.25 bits per heavy atom. The Labute approximate surface area is 108 Å². The highest BCUT2D eigenvalue weighted by molar-refractivity contribution is 7.16. The fraction of sp³-hybridized carbons (Fsp3) is 0.333. The van der Waals surface area contributed by atoms with Crippen LogP contribution in [-0.4, -0.2) is 5.11 Å². The molecule has 2 rings (SSSR count). The summed E-state index contributed by atoms with van der Waals surface area (Å²) in [6.07, 6.45) is 0.430. The van der Waals surface area contributed by atoms with Gasteiger partial charge in [-0.1, -0.05) is 18.5 Å². The largest absolute Gasteiger partial charge is 0.382 e. The molecule has 0 aliphatic carbocycles. The maximum absolute atomic E-state index is 10.3. The number of aryl methyl sites for hydroxylation is 2. The third kappa shape index (κ3) is 2.18. The molecule has 1 unspecified atom stereocenters. The number of aliphatic hydroxyl groups is 1. The molecule has 0 saturated heterocycles. The molecule has 0 aliphatic heterocycles. The summed E-state index contributed by atoms with van der Waals surface area (Å²) < 4.78 is 0.767. The number of halogens is 1. The molecule has 1 atom stereocenters. The summed E-state index contributed by atoms with van der Waals surface area (Å²) in [6.45, 7) is 4.06. The Balaban J connectivity index is 2.35. The molecule has 2 aromatic rings. The van der Waals surface area contributed by atoms with Crippen LogP contribution in [-0.2, 0) is 6.42 Å². The van der Waals surface area contributed by atoms with Crippen LogP contribution in [0.2, 0.25) is 4.34 Å². The highest BCUT2D eigenvalue weighted by Crippen LogP contribution is 2.37. The Kier molecular flexibility index (Phi) is 3.70. The zero-order valence-corrected chi connectivity index (χ0v) is 11.5. The van der Waals surface area contributed by atoms with Gasteiger partial charge in [0.1, 0.15) is 6.10 Å². The number of thiophene rings is 2. The third-order valence-electron chi connectivity index (χ3n) is 2.56. The van der Waals surface area contributed by atoms with Crippen molar-refractivity contribution in [1.82, 2.24) is 0 Å². The van der Waals surface area contributed by atoms with Gasteiger partial charge in [0.25, 0.3) is 0 Å². The second-order valence-electron chi connectivity index (χ2n) is 3.67. The van der Waals surface area contributed by atoms with Crippen LogP contribution in [0.3, 0.4) is 0 Å². The van der Waals surface area contributed by atoms with E-state index >= 15 is 0 Å². The van der Waals surface area contributed by atoms with E-state index in [0.717, 1.165) is 26.1 Å². The number of hydrogen-bond acceptors (Lipinski definition) is 3. The Bertz CT molecular complexity index is 467. The first-order chi connectivity index (χ1) is 7.63. The van der Waals surface area contributed by atoms with Gasteiger partial charge >= 0.3 is 0 Å². The Morgan fingerprint density at radius 1 is 1.50 bits per heavy atom. The molecule has 1 N–H and O–H groups in total. The monoisotopic (exact) mass is 272 g/mol. The number of aliphatic hydroxyl groups excluding tert-OH is 1. The molecule has 2 aromatic heterocycles. The minimum absolute atomic E-state index is 0.522. The van der Waals surface area contributed by atoms with Crippen molar-refractivity contribution in [2.24, 2.45) is 0 Å². The molecule has 86 valence electrons. The average Bonchev–Trinajstić information content (AvgIpc) is 2.85. The van der Waals surface area contributed by atoms with E-state index in [1.165, 1.54) is 16.9 Å². The Morgan fingerprint density at radius 3 is 2.81 bits per heavy atom. The predicted octanol–water partition coefficient (Wildman–Crippen LogP) is 4.42. The van der Waals surface area contributed by atoms with Crippen molar-refractivity contribution in [1.29, 1.82) is 0 Å². The summed E-state index contributed by atoms with van der Waals surface area (Å²) in [7, 11) is 0. The molecule has 4 heteroatoms. The molecular formula is C12H13ClOS2. The predicted molar refractivity (Wildman–Crippen MR) is 71.8 cm³/mol. The van der Waals surface area contributed by atoms with Gasteiger partial charge in [0.15, 0.2) is 0 Å². The van der Waals surface area contributed by atoms with Gasteiger partial charge in [-0.25, -0.2) is 0 Å². The van der Waals surface area contributed by atoms with Gasteiger partial charge in [-0.3, -0.25) is 0 Å². The smallest absolute Gasteiger partial charge is 0.123 e. The lowest BCUT2D eigenvalue weighted by atomic mass is 10.1. The van der Waals surface area contributed by atoms with Crippen LogP contribution in [0.4, 0.5) is 0 Å². The second kappa shape index (κ2) is 4.88. The van der Waals surface area contributed by atoms with Gasteiger partial charge < -0.3 is 5.11 Å². The molecule has 0 aliphatic rings. The van der Waals surface area contributed by atoms with Crippen LogP contribution in [0.25, 0.3) is 0 Å². The highest BCUT2D eigenvalue weighted by atomic mass is 35.5. The van der Waals surface area contributed by atoms with Gasteiger partial charge in [-0.2, -0.15) is 0 Å². The van der Waals surface area contributed by atoms with Gasteiger partial charge in [0, 0.05) is 9.75 Å². The molecule has 2 heterocycles. The van der Waals surface area contributed by atoms with Crippen molar-refractivity contribution >= 4 is 34.3 Å². The second-order valence-corrected chi connectivity index (χ2v) is 6.31. The molecule has 0 fully saturated rings. The lowest BCUT2D eigenvalue weighted by molar-refractivity contribution is 0.227. The van der Waals surface area contributed by atoms with Crippen LogP contribution >= 0.6 is 34.3 Å². The standard InChI is InChI=1S/C12H13ClOS2/c1-3-8-4-5-15-11(8)10(14)9-6-7(2)12(13)16-9/h4-6,10,14H,3H2,1-2H3. The van der Waals surface area contributed by atoms with Gasteiger partial charge in [-0.15, -0.1) is 22.7 Å². The van der Waals surface area contributed by atoms with Crippen molar-refractivity contribution in [3.8, 4) is 0 Å². The SMILES string of the molecule is CCc1ccsc1C(O)c1cc(C)c(Cl)s1. The molecule has 0 aromatic carbocycles. The van der Waals surface area contributed by atoms with E-state index in [-0.39, 0.29) is 0 Å². The van der Waals surface area contributed by atoms with E-state index in [4.69, 9.17) is 11.6 Å². The molecule has 1 nitrogen and oxygen atoms in total. The molecule has 0 saturated carbocycles. The normalized spacial score (nSPS) is 13.0. The summed E-state index contributed by atoms with van der Waals surface area (Å²) in [4.78, 5) is 1.97. The average molecular weight is 273 g/mol. The molecule has 0 amide bonds. The number of hydrogen-bond donors (Lipinski definition) is 1. The summed E-state index contributed by atoms with van der Waals surface area (Å²) in [5.74, 6) is 0. The quantitative estimate of drug-likeness (QED) is 0.877. The van der Waals surface area contributed by atoms with Crippen LogP contribution in [0, 0.1) is 6.92 Å². The van der Waals surface area contributed by atoms with Gasteiger partial charge in [-0.05, 0) is 42.0 Å². The highest BCUT2D eigenvalue weighted by Gasteiger charge is 2.18. The van der Waals surface area contributed by atoms with E-state index < -0.39 is 6.10 Å². The van der Waals surface area contributed by atoms with E-state index in [9.17, 15) is 5.11 Å². The first-order valence-corrected chi connectivity index (χ1v) is 7.21. The maximum atomic E-state index is 10.3. The first kappa shape index (κ1) is 12.1. The fourth-order valence-corrected chi connectivity index (χ4v) is 3.91. The minimum atomic E-state index is -0.522. The third-order valence-corrected chi connectivity index (χ3v) is 5.17. The molecule has 0 radical (unpaired) electrons. The Hall–Kier alpha value is -0.350. The lowest BCUT2D eigenvalue weighted by Gasteiger charge is -2.08. The van der Waals surface area contributed by atoms with E-state index in [1.807, 2.05) is 18.4 Å². The van der Waals surface area contributed by atoms with Crippen LogP contribution in [0.1, 0.15) is 33.9 Å². The molecule has 16 heavy (non-hydrogen) atoms. The van der Waals surface area contributed by atoms with Crippen molar-refractivity contribution in [2.75, 3.05) is 0 Å². The summed E-state index contributed by atoms with van der Waals surface area (Å²) in [5, 5.41) is 12.3. The summed E-state index contributed by atoms with van der Waals surface area (Å²) >= 11 is 9.09. The van der Waals surface area contributed by atoms with Gasteiger partial charge in [0.2, 0.25) is 0 Å². The minimum Gasteiger partial charge on any atom is -0.382 e. The zero-order chi connectivity index (χ0) is 11.7. The molecule has 0 bridgehead atoms. The maximum Gasteiger partial charge on any atom is 0.123 e. The summed E-state index contributed by atoms with van der Waals surface area (Å²) in [6, 6.07) is 4.04. The van der Waals surface area contributed by atoms with Crippen molar-refractivity contribution in [3.05, 3.63) is 42.7 Å². The zero-order valence-electron chi connectivity index (χ0n) is 9.16. The van der Waals surface area contributed by atoms with Gasteiger partial charge in [0.05, 0.1) is 4.34 Å². The lowest BCUT2D eigenvalue weighted by Crippen LogP contribution is -1.97. The van der Waals surface area contributed by atoms with Crippen molar-refractivity contribution in [3.63, 3.8) is 0 Å². The van der Waals surface area contributed by atoms with Crippen LogP contribution < -0.4 is 0 Å². The first-order valence-electron chi connectivity index (χ1n) is 5.13. The van der Waals surface area contributed by atoms with E-state index in [0.29, 0.717) is 0 Å². The van der Waals surface area contributed by atoms with Crippen LogP contribution in [0.5, 0.6) is 0 Å².